The van der Waals surface area contributed by atoms with E-state index < -0.39 is 101 Å². The van der Waals surface area contributed by atoms with Gasteiger partial charge in [-0.2, -0.15) is 0 Å². The van der Waals surface area contributed by atoms with Crippen LogP contribution in [0.25, 0.3) is 0 Å². The third-order valence-corrected chi connectivity index (χ3v) is 7.84. The lowest BCUT2D eigenvalue weighted by atomic mass is 9.71. The molecule has 3 aliphatic rings. The number of ether oxygens (including phenoxy) is 3. The number of carbonyl (C=O) groups excluding carboxylic acids is 2. The number of aromatic hydroxyl groups is 2. The number of fused-ring (bicyclic) bond motifs is 3. The SMILES string of the molecule is [2H][13C]([2H])([2H])Oc1cccc2c1C(=O)c1c(O)c3c(c(O)c1C2=O)C[C@@](O)([C@@H](C)O)C[C@@H]3O[C@H]1CC(N)[C@H](O)C(C)O1. The molecule has 0 radical (unpaired) electrons. The van der Waals surface area contributed by atoms with Crippen LogP contribution in [-0.4, -0.2) is 80.4 Å². The zero-order valence-corrected chi connectivity index (χ0v) is 20.7. The Kier molecular flexibility index (Phi) is 5.60. The second-order valence-electron chi connectivity index (χ2n) is 10.2. The Labute approximate surface area is 222 Å². The van der Waals surface area contributed by atoms with Crippen LogP contribution in [-0.2, 0) is 15.9 Å². The number of methoxy groups -OCH3 is 1. The van der Waals surface area contributed by atoms with Crippen LogP contribution in [0, 0.1) is 0 Å². The van der Waals surface area contributed by atoms with Gasteiger partial charge in [0.2, 0.25) is 5.78 Å². The van der Waals surface area contributed by atoms with Crippen molar-refractivity contribution in [2.24, 2.45) is 5.73 Å². The monoisotopic (exact) mass is 533 g/mol. The largest absolute Gasteiger partial charge is 0.507 e. The van der Waals surface area contributed by atoms with E-state index >= 15 is 0 Å². The van der Waals surface area contributed by atoms with Crippen molar-refractivity contribution in [3.8, 4) is 17.2 Å². The molecule has 0 spiro atoms. The number of aliphatic hydroxyl groups is 3. The van der Waals surface area contributed by atoms with Gasteiger partial charge in [0.05, 0.1) is 57.9 Å². The molecule has 204 valence electrons. The molecule has 1 fully saturated rings. The minimum Gasteiger partial charge on any atom is -0.507 e. The summed E-state index contributed by atoms with van der Waals surface area (Å²) >= 11 is 0. The molecule has 1 aliphatic heterocycles. The van der Waals surface area contributed by atoms with E-state index in [-0.39, 0.29) is 29.5 Å². The average Bonchev–Trinajstić information content (AvgIpc) is 2.86. The quantitative estimate of drug-likeness (QED) is 0.206. The first kappa shape index (κ1) is 22.9. The molecule has 1 heterocycles. The van der Waals surface area contributed by atoms with Crippen LogP contribution in [0.2, 0.25) is 0 Å². The predicted octanol–water partition coefficient (Wildman–Crippen LogP) is 0.821. The van der Waals surface area contributed by atoms with E-state index in [0.29, 0.717) is 0 Å². The second-order valence-corrected chi connectivity index (χ2v) is 10.2. The van der Waals surface area contributed by atoms with Gasteiger partial charge in [-0.15, -0.1) is 0 Å². The van der Waals surface area contributed by atoms with Crippen LogP contribution in [0.5, 0.6) is 17.2 Å². The van der Waals surface area contributed by atoms with Gasteiger partial charge in [0.1, 0.15) is 17.2 Å². The molecule has 2 unspecified atom stereocenters. The van der Waals surface area contributed by atoms with E-state index in [1.54, 1.807) is 6.92 Å². The number of rotatable bonds is 4. The van der Waals surface area contributed by atoms with E-state index in [0.717, 1.165) is 0 Å². The number of hydrogen-bond donors (Lipinski definition) is 6. The van der Waals surface area contributed by atoms with Gasteiger partial charge in [0, 0.05) is 42.0 Å². The molecule has 7 N–H and O–H groups in total. The van der Waals surface area contributed by atoms with Crippen molar-refractivity contribution in [2.45, 2.75) is 75.5 Å². The molecular weight excluding hydrogens is 499 g/mol. The summed E-state index contributed by atoms with van der Waals surface area (Å²) in [5.74, 6) is -3.67. The molecule has 2 aromatic rings. The van der Waals surface area contributed by atoms with Gasteiger partial charge in [-0.05, 0) is 19.9 Å². The topological polar surface area (TPSA) is 189 Å². The fourth-order valence-electron chi connectivity index (χ4n) is 5.65. The maximum absolute atomic E-state index is 13.8. The summed E-state index contributed by atoms with van der Waals surface area (Å²) in [7, 11) is -2.95. The molecule has 11 heteroatoms. The van der Waals surface area contributed by atoms with Gasteiger partial charge in [-0.25, -0.2) is 0 Å². The van der Waals surface area contributed by atoms with E-state index in [2.05, 4.69) is 0 Å². The van der Waals surface area contributed by atoms with Crippen LogP contribution in [0.4, 0.5) is 0 Å². The Morgan fingerprint density at radius 3 is 2.55 bits per heavy atom. The number of ketones is 2. The number of hydrogen-bond acceptors (Lipinski definition) is 11. The first-order chi connectivity index (χ1) is 19.0. The average molecular weight is 534 g/mol. The lowest BCUT2D eigenvalue weighted by Crippen LogP contribution is -2.53. The molecule has 2 aromatic carbocycles. The Morgan fingerprint density at radius 2 is 1.89 bits per heavy atom. The fourth-order valence-corrected chi connectivity index (χ4v) is 5.65. The third kappa shape index (κ3) is 3.89. The van der Waals surface area contributed by atoms with Crippen LogP contribution in [0.1, 0.15) is 79.9 Å². The Bertz CT molecular complexity index is 1420. The standard InChI is InChI=1S/C27H31NO10/c1-10-22(30)14(28)7-17(37-10)38-16-9-27(35,11(2)29)8-13-19(16)26(34)21-20(24(13)32)23(31)12-5-4-6-15(36-3)18(12)25(21)33/h4-6,10-11,14,16-17,22,29-30,32,34-35H,7-9,28H2,1-3H3/t10?,11-,14?,16+,17+,22-,27+/m1/s1/i3+1D3. The minimum absolute atomic E-state index is 0.0305. The summed E-state index contributed by atoms with van der Waals surface area (Å²) in [5, 5.41) is 54.8. The van der Waals surface area contributed by atoms with Gasteiger partial charge >= 0.3 is 0 Å². The molecule has 0 amide bonds. The van der Waals surface area contributed by atoms with Crippen molar-refractivity contribution >= 4 is 11.6 Å². The number of phenolic OH excluding ortho intramolecular Hbond substituents is 2. The van der Waals surface area contributed by atoms with Gasteiger partial charge < -0.3 is 45.5 Å². The number of nitrogens with two attached hydrogens (primary N) is 1. The van der Waals surface area contributed by atoms with Gasteiger partial charge in [0.25, 0.3) is 0 Å². The molecule has 5 rings (SSSR count). The Balaban J connectivity index is 1.67. The van der Waals surface area contributed by atoms with Gasteiger partial charge in [-0.1, -0.05) is 12.1 Å². The maximum atomic E-state index is 13.8. The molecule has 2 aliphatic carbocycles. The van der Waals surface area contributed by atoms with Crippen molar-refractivity contribution in [2.75, 3.05) is 7.04 Å². The molecule has 1 saturated heterocycles. The Hall–Kier alpha value is -3.06. The highest BCUT2D eigenvalue weighted by Gasteiger charge is 2.49. The molecule has 7 atom stereocenters. The van der Waals surface area contributed by atoms with Gasteiger partial charge in [-0.3, -0.25) is 9.59 Å². The van der Waals surface area contributed by atoms with Crippen molar-refractivity contribution < 1.29 is 53.4 Å². The van der Waals surface area contributed by atoms with Crippen LogP contribution < -0.4 is 10.5 Å². The van der Waals surface area contributed by atoms with Crippen molar-refractivity contribution in [1.29, 1.82) is 0 Å². The first-order valence-corrected chi connectivity index (χ1v) is 12.2. The molecule has 0 aromatic heterocycles. The highest BCUT2D eigenvalue weighted by molar-refractivity contribution is 6.31. The number of aliphatic hydroxyl groups excluding tert-OH is 2. The minimum atomic E-state index is -2.95. The summed E-state index contributed by atoms with van der Waals surface area (Å²) in [6.07, 6.45) is -6.01. The van der Waals surface area contributed by atoms with E-state index in [9.17, 15) is 35.1 Å². The molecule has 0 bridgehead atoms. The Morgan fingerprint density at radius 1 is 1.18 bits per heavy atom. The second kappa shape index (κ2) is 9.30. The molecule has 11 nitrogen and oxygen atoms in total. The zero-order chi connectivity index (χ0) is 30.2. The lowest BCUT2D eigenvalue weighted by molar-refractivity contribution is -0.250. The molecule has 0 saturated carbocycles. The van der Waals surface area contributed by atoms with Crippen LogP contribution in [0.3, 0.4) is 0 Å². The predicted molar refractivity (Wildman–Crippen MR) is 131 cm³/mol. The van der Waals surface area contributed by atoms with Crippen LogP contribution >= 0.6 is 0 Å². The highest BCUT2D eigenvalue weighted by Crippen LogP contribution is 2.52. The third-order valence-electron chi connectivity index (χ3n) is 7.84. The first-order valence-electron chi connectivity index (χ1n) is 13.7. The number of carbonyl (C=O) groups is 2. The van der Waals surface area contributed by atoms with E-state index in [1.165, 1.54) is 25.1 Å². The van der Waals surface area contributed by atoms with E-state index in [1.807, 2.05) is 0 Å². The summed E-state index contributed by atoms with van der Waals surface area (Å²) < 4.78 is 39.1. The maximum Gasteiger partial charge on any atom is 0.202 e. The van der Waals surface area contributed by atoms with Crippen molar-refractivity contribution in [3.05, 3.63) is 51.6 Å². The summed E-state index contributed by atoms with van der Waals surface area (Å²) in [4.78, 5) is 27.4. The van der Waals surface area contributed by atoms with Gasteiger partial charge in [0.15, 0.2) is 12.1 Å². The smallest absolute Gasteiger partial charge is 0.202 e. The highest BCUT2D eigenvalue weighted by atomic mass is 16.7. The number of phenols is 2. The van der Waals surface area contributed by atoms with Crippen LogP contribution in [0.15, 0.2) is 18.2 Å². The lowest BCUT2D eigenvalue weighted by Gasteiger charge is -2.43. The molecular formula is C27H31NO10. The fraction of sp³-hybridized carbons (Fsp3) is 0.481. The zero-order valence-electron chi connectivity index (χ0n) is 23.7. The number of benzene rings is 2. The normalized spacial score (nSPS) is 32.8. The van der Waals surface area contributed by atoms with E-state index in [4.69, 9.17) is 24.1 Å². The van der Waals surface area contributed by atoms with Crippen molar-refractivity contribution in [1.82, 2.24) is 0 Å². The van der Waals surface area contributed by atoms with Crippen molar-refractivity contribution in [3.63, 3.8) is 0 Å². The molecule has 38 heavy (non-hydrogen) atoms. The summed E-state index contributed by atoms with van der Waals surface area (Å²) in [6, 6.07) is 3.05. The summed E-state index contributed by atoms with van der Waals surface area (Å²) in [5.41, 5.74) is 2.16. The summed E-state index contributed by atoms with van der Waals surface area (Å²) in [6.45, 7) is 2.92.